The summed E-state index contributed by atoms with van der Waals surface area (Å²) in [5, 5.41) is 4.14. The molecule has 1 aromatic heterocycles. The molecule has 0 saturated heterocycles. The first-order chi connectivity index (χ1) is 14.0. The maximum atomic E-state index is 12.6. The Kier molecular flexibility index (Phi) is 5.01. The molecule has 0 radical (unpaired) electrons. The van der Waals surface area contributed by atoms with Crippen LogP contribution in [0.15, 0.2) is 82.8 Å². The van der Waals surface area contributed by atoms with E-state index in [2.05, 4.69) is 20.5 Å². The maximum absolute atomic E-state index is 12.6. The summed E-state index contributed by atoms with van der Waals surface area (Å²) in [5.74, 6) is 0.663. The SMILES string of the molecule is Cc1ccc(S(=O)(=O)Oc2ccccc2/C=N\Nc2nc3ccccc3[nH]2)cc1. The molecule has 0 saturated carbocycles. The number of aromatic nitrogens is 2. The quantitative estimate of drug-likeness (QED) is 0.286. The lowest BCUT2D eigenvalue weighted by Crippen LogP contribution is -2.11. The number of benzene rings is 3. The molecule has 0 amide bonds. The normalized spacial score (nSPS) is 11.8. The van der Waals surface area contributed by atoms with E-state index in [0.29, 0.717) is 11.5 Å². The van der Waals surface area contributed by atoms with Crippen LogP contribution in [0.3, 0.4) is 0 Å². The number of rotatable bonds is 6. The van der Waals surface area contributed by atoms with Crippen LogP contribution in [-0.2, 0) is 10.1 Å². The van der Waals surface area contributed by atoms with Crippen LogP contribution in [0, 0.1) is 6.92 Å². The van der Waals surface area contributed by atoms with Gasteiger partial charge in [-0.2, -0.15) is 13.5 Å². The van der Waals surface area contributed by atoms with Crippen molar-refractivity contribution in [3.63, 3.8) is 0 Å². The Morgan fingerprint density at radius 1 is 1.00 bits per heavy atom. The third kappa shape index (κ3) is 4.27. The van der Waals surface area contributed by atoms with Crippen molar-refractivity contribution >= 4 is 33.3 Å². The summed E-state index contributed by atoms with van der Waals surface area (Å²) in [6.45, 7) is 1.89. The van der Waals surface area contributed by atoms with E-state index in [1.54, 1.807) is 36.4 Å². The van der Waals surface area contributed by atoms with E-state index in [1.165, 1.54) is 18.3 Å². The van der Waals surface area contributed by atoms with Crippen LogP contribution in [0.5, 0.6) is 5.75 Å². The first-order valence-corrected chi connectivity index (χ1v) is 10.3. The summed E-state index contributed by atoms with van der Waals surface area (Å²) in [6, 6.07) is 20.9. The molecule has 29 heavy (non-hydrogen) atoms. The summed E-state index contributed by atoms with van der Waals surface area (Å²) >= 11 is 0. The van der Waals surface area contributed by atoms with Gasteiger partial charge in [-0.05, 0) is 43.3 Å². The number of para-hydroxylation sites is 3. The van der Waals surface area contributed by atoms with Crippen molar-refractivity contribution in [2.75, 3.05) is 5.43 Å². The molecule has 0 fully saturated rings. The first-order valence-electron chi connectivity index (χ1n) is 8.85. The number of anilines is 1. The molecule has 7 nitrogen and oxygen atoms in total. The van der Waals surface area contributed by atoms with E-state index >= 15 is 0 Å². The minimum atomic E-state index is -3.95. The fourth-order valence-corrected chi connectivity index (χ4v) is 3.66. The molecule has 0 aliphatic rings. The Balaban J connectivity index is 1.53. The lowest BCUT2D eigenvalue weighted by Gasteiger charge is -2.09. The average Bonchev–Trinajstić information content (AvgIpc) is 3.12. The number of H-pyrrole nitrogens is 1. The van der Waals surface area contributed by atoms with Crippen molar-refractivity contribution in [1.82, 2.24) is 9.97 Å². The van der Waals surface area contributed by atoms with Crippen LogP contribution in [0.2, 0.25) is 0 Å². The van der Waals surface area contributed by atoms with Crippen LogP contribution in [0.4, 0.5) is 5.95 Å². The zero-order valence-corrected chi connectivity index (χ0v) is 16.3. The Bertz CT molecular complexity index is 1250. The fourth-order valence-electron chi connectivity index (χ4n) is 2.70. The second-order valence-electron chi connectivity index (χ2n) is 6.36. The van der Waals surface area contributed by atoms with Gasteiger partial charge in [-0.1, -0.05) is 42.0 Å². The molecule has 0 aliphatic heterocycles. The van der Waals surface area contributed by atoms with Gasteiger partial charge in [0.05, 0.1) is 17.2 Å². The van der Waals surface area contributed by atoms with Gasteiger partial charge < -0.3 is 9.17 Å². The van der Waals surface area contributed by atoms with Gasteiger partial charge >= 0.3 is 10.1 Å². The van der Waals surface area contributed by atoms with Gasteiger partial charge in [0.25, 0.3) is 0 Å². The highest BCUT2D eigenvalue weighted by Gasteiger charge is 2.17. The minimum Gasteiger partial charge on any atom is -0.378 e. The van der Waals surface area contributed by atoms with Crippen molar-refractivity contribution in [3.05, 3.63) is 83.9 Å². The molecule has 4 aromatic rings. The third-order valence-electron chi connectivity index (χ3n) is 4.19. The predicted molar refractivity (Wildman–Crippen MR) is 113 cm³/mol. The molecule has 0 aliphatic carbocycles. The number of hydrazone groups is 1. The van der Waals surface area contributed by atoms with Crippen molar-refractivity contribution in [1.29, 1.82) is 0 Å². The monoisotopic (exact) mass is 406 g/mol. The van der Waals surface area contributed by atoms with Gasteiger partial charge in [-0.15, -0.1) is 0 Å². The summed E-state index contributed by atoms with van der Waals surface area (Å²) < 4.78 is 30.5. The van der Waals surface area contributed by atoms with E-state index in [-0.39, 0.29) is 10.6 Å². The number of aryl methyl sites for hydroxylation is 1. The Hall–Kier alpha value is -3.65. The molecule has 0 spiro atoms. The highest BCUT2D eigenvalue weighted by molar-refractivity contribution is 7.87. The Labute approximate surface area is 168 Å². The Morgan fingerprint density at radius 3 is 2.52 bits per heavy atom. The second-order valence-corrected chi connectivity index (χ2v) is 7.91. The molecule has 8 heteroatoms. The molecule has 1 heterocycles. The van der Waals surface area contributed by atoms with Gasteiger partial charge in [0.1, 0.15) is 4.90 Å². The molecule has 4 rings (SSSR count). The van der Waals surface area contributed by atoms with Crippen LogP contribution in [0.1, 0.15) is 11.1 Å². The highest BCUT2D eigenvalue weighted by atomic mass is 32.2. The number of aromatic amines is 1. The maximum Gasteiger partial charge on any atom is 0.339 e. The zero-order chi connectivity index (χ0) is 20.3. The molecule has 146 valence electrons. The molecule has 3 aromatic carbocycles. The summed E-state index contributed by atoms with van der Waals surface area (Å²) in [7, 11) is -3.95. The highest BCUT2D eigenvalue weighted by Crippen LogP contribution is 2.22. The molecular formula is C21H18N4O3S. The molecular weight excluding hydrogens is 388 g/mol. The summed E-state index contributed by atoms with van der Waals surface area (Å²) in [6.07, 6.45) is 1.48. The van der Waals surface area contributed by atoms with E-state index < -0.39 is 10.1 Å². The number of hydrogen-bond acceptors (Lipinski definition) is 6. The van der Waals surface area contributed by atoms with Crippen LogP contribution < -0.4 is 9.61 Å². The van der Waals surface area contributed by atoms with Crippen molar-refractivity contribution in [2.45, 2.75) is 11.8 Å². The standard InChI is InChI=1S/C21H18N4O3S/c1-15-10-12-17(13-11-15)29(26,27)28-20-9-5-2-6-16(20)14-22-25-21-23-18-7-3-4-8-19(18)24-21/h2-14H,1H3,(H2,23,24,25)/b22-14-. The second kappa shape index (κ2) is 7.76. The van der Waals surface area contributed by atoms with Gasteiger partial charge in [0.15, 0.2) is 5.75 Å². The minimum absolute atomic E-state index is 0.0928. The van der Waals surface area contributed by atoms with E-state index in [0.717, 1.165) is 16.6 Å². The van der Waals surface area contributed by atoms with Crippen LogP contribution >= 0.6 is 0 Å². The average molecular weight is 406 g/mol. The van der Waals surface area contributed by atoms with Crippen LogP contribution in [-0.4, -0.2) is 24.6 Å². The van der Waals surface area contributed by atoms with Gasteiger partial charge in [0.2, 0.25) is 5.95 Å². The number of fused-ring (bicyclic) bond motifs is 1. The van der Waals surface area contributed by atoms with Gasteiger partial charge in [-0.25, -0.2) is 10.4 Å². The number of imidazole rings is 1. The van der Waals surface area contributed by atoms with Crippen molar-refractivity contribution < 1.29 is 12.6 Å². The zero-order valence-electron chi connectivity index (χ0n) is 15.5. The lowest BCUT2D eigenvalue weighted by molar-refractivity contribution is 0.485. The summed E-state index contributed by atoms with van der Waals surface area (Å²) in [4.78, 5) is 7.56. The van der Waals surface area contributed by atoms with Crippen molar-refractivity contribution in [2.24, 2.45) is 5.10 Å². The van der Waals surface area contributed by atoms with E-state index in [1.807, 2.05) is 31.2 Å². The Morgan fingerprint density at radius 2 is 1.72 bits per heavy atom. The van der Waals surface area contributed by atoms with E-state index in [4.69, 9.17) is 4.18 Å². The third-order valence-corrected chi connectivity index (χ3v) is 5.44. The predicted octanol–water partition coefficient (Wildman–Crippen LogP) is 4.09. The van der Waals surface area contributed by atoms with Gasteiger partial charge in [-0.3, -0.25) is 0 Å². The first kappa shape index (κ1) is 18.7. The van der Waals surface area contributed by atoms with E-state index in [9.17, 15) is 8.42 Å². The lowest BCUT2D eigenvalue weighted by atomic mass is 10.2. The number of nitrogens with one attached hydrogen (secondary N) is 2. The molecule has 0 atom stereocenters. The van der Waals surface area contributed by atoms with Crippen molar-refractivity contribution in [3.8, 4) is 5.75 Å². The summed E-state index contributed by atoms with van der Waals surface area (Å²) in [5.41, 5.74) is 5.99. The largest absolute Gasteiger partial charge is 0.378 e. The fraction of sp³-hybridized carbons (Fsp3) is 0.0476. The number of nitrogens with zero attached hydrogens (tertiary/aromatic N) is 2. The topological polar surface area (TPSA) is 96.4 Å². The van der Waals surface area contributed by atoms with Gasteiger partial charge in [0, 0.05) is 5.56 Å². The molecule has 0 unspecified atom stereocenters. The number of hydrogen-bond donors (Lipinski definition) is 2. The van der Waals surface area contributed by atoms with Crippen LogP contribution in [0.25, 0.3) is 11.0 Å². The smallest absolute Gasteiger partial charge is 0.339 e. The molecule has 0 bridgehead atoms. The molecule has 2 N–H and O–H groups in total.